The third kappa shape index (κ3) is 6.86. The lowest BCUT2D eigenvalue weighted by atomic mass is 9.98. The molecule has 1 fully saturated rings. The normalized spacial score (nSPS) is 20.5. The summed E-state index contributed by atoms with van der Waals surface area (Å²) in [6.07, 6.45) is 0.184. The molecule has 0 spiro atoms. The second-order valence-electron chi connectivity index (χ2n) is 7.76. The van der Waals surface area contributed by atoms with Crippen LogP contribution in [-0.2, 0) is 14.8 Å². The van der Waals surface area contributed by atoms with E-state index >= 15 is 0 Å². The first kappa shape index (κ1) is 25.8. The molecule has 9 nitrogen and oxygen atoms in total. The number of carbonyl (C=O) groups excluding carboxylic acids is 1. The number of benzene rings is 2. The molecule has 2 aromatic rings. The topological polar surface area (TPSA) is 126 Å². The molecule has 1 aliphatic rings. The molecule has 3 rings (SSSR count). The fourth-order valence-corrected chi connectivity index (χ4v) is 4.95. The molecule has 0 bridgehead atoms. The van der Waals surface area contributed by atoms with Crippen LogP contribution in [0.25, 0.3) is 0 Å². The highest BCUT2D eigenvalue weighted by molar-refractivity contribution is 7.89. The highest BCUT2D eigenvalue weighted by Crippen LogP contribution is 2.24. The summed E-state index contributed by atoms with van der Waals surface area (Å²) in [6.45, 7) is -0.222. The Morgan fingerprint density at radius 1 is 1.21 bits per heavy atom. The number of hydrogen-bond donors (Lipinski definition) is 4. The number of hydrogen-bond acceptors (Lipinski definition) is 6. The van der Waals surface area contributed by atoms with Gasteiger partial charge < -0.3 is 25.2 Å². The van der Waals surface area contributed by atoms with E-state index in [1.165, 1.54) is 19.2 Å². The molecule has 0 radical (unpaired) electrons. The van der Waals surface area contributed by atoms with E-state index in [1.807, 2.05) is 0 Å². The van der Waals surface area contributed by atoms with Crippen LogP contribution in [0, 0.1) is 11.6 Å². The SMILES string of the molecule is COc1cccc(S(=O)(=O)N[C@H]2CC[C@H](CCNC(=O)Nc3cc(F)ccc3F)O[C@@H]2CO)c1. The van der Waals surface area contributed by atoms with E-state index in [2.05, 4.69) is 15.4 Å². The van der Waals surface area contributed by atoms with Gasteiger partial charge in [-0.1, -0.05) is 6.07 Å². The van der Waals surface area contributed by atoms with Gasteiger partial charge in [-0.05, 0) is 43.5 Å². The summed E-state index contributed by atoms with van der Waals surface area (Å²) in [7, 11) is -2.42. The average Bonchev–Trinajstić information content (AvgIpc) is 2.82. The van der Waals surface area contributed by atoms with Crippen LogP contribution >= 0.6 is 0 Å². The Morgan fingerprint density at radius 2 is 2.00 bits per heavy atom. The number of carbonyl (C=O) groups is 1. The molecular formula is C22H27F2N3O6S. The van der Waals surface area contributed by atoms with Gasteiger partial charge in [0.25, 0.3) is 0 Å². The molecule has 0 aliphatic carbocycles. The van der Waals surface area contributed by atoms with E-state index in [-0.39, 0.29) is 23.2 Å². The third-order valence-electron chi connectivity index (χ3n) is 5.38. The van der Waals surface area contributed by atoms with Gasteiger partial charge in [-0.25, -0.2) is 26.7 Å². The summed E-state index contributed by atoms with van der Waals surface area (Å²) in [4.78, 5) is 12.0. The predicted octanol–water partition coefficient (Wildman–Crippen LogP) is 2.37. The number of urea groups is 1. The summed E-state index contributed by atoms with van der Waals surface area (Å²) < 4.78 is 65.8. The quantitative estimate of drug-likeness (QED) is 0.420. The number of anilines is 1. The van der Waals surface area contributed by atoms with Gasteiger partial charge in [0.1, 0.15) is 17.4 Å². The molecule has 3 atom stereocenters. The average molecular weight is 500 g/mol. The van der Waals surface area contributed by atoms with E-state index < -0.39 is 46.4 Å². The Morgan fingerprint density at radius 3 is 2.74 bits per heavy atom. The highest BCUT2D eigenvalue weighted by atomic mass is 32.2. The van der Waals surface area contributed by atoms with Gasteiger partial charge in [-0.3, -0.25) is 0 Å². The van der Waals surface area contributed by atoms with Crippen LogP contribution in [0.2, 0.25) is 0 Å². The second-order valence-corrected chi connectivity index (χ2v) is 9.47. The molecule has 0 unspecified atom stereocenters. The van der Waals surface area contributed by atoms with E-state index in [4.69, 9.17) is 9.47 Å². The molecule has 4 N–H and O–H groups in total. The van der Waals surface area contributed by atoms with Crippen molar-refractivity contribution in [3.8, 4) is 5.75 Å². The van der Waals surface area contributed by atoms with Crippen LogP contribution < -0.4 is 20.1 Å². The molecular weight excluding hydrogens is 472 g/mol. The minimum atomic E-state index is -3.86. The van der Waals surface area contributed by atoms with Gasteiger partial charge in [-0.15, -0.1) is 0 Å². The largest absolute Gasteiger partial charge is 0.497 e. The molecule has 186 valence electrons. The molecule has 0 aromatic heterocycles. The second kappa shape index (κ2) is 11.6. The van der Waals surface area contributed by atoms with Crippen LogP contribution in [0.15, 0.2) is 47.4 Å². The highest BCUT2D eigenvalue weighted by Gasteiger charge is 2.34. The zero-order chi connectivity index (χ0) is 24.7. The Labute approximate surface area is 196 Å². The minimum absolute atomic E-state index is 0.0376. The van der Waals surface area contributed by atoms with E-state index in [1.54, 1.807) is 12.1 Å². The summed E-state index contributed by atoms with van der Waals surface area (Å²) in [5, 5.41) is 14.5. The molecule has 1 saturated heterocycles. The van der Waals surface area contributed by atoms with Crippen LogP contribution in [-0.4, -0.2) is 58.1 Å². The van der Waals surface area contributed by atoms with Crippen molar-refractivity contribution in [2.45, 2.75) is 42.4 Å². The summed E-state index contributed by atoms with van der Waals surface area (Å²) in [6, 6.07) is 7.43. The Hall–Kier alpha value is -2.80. The van der Waals surface area contributed by atoms with Crippen molar-refractivity contribution in [1.29, 1.82) is 0 Å². The lowest BCUT2D eigenvalue weighted by Gasteiger charge is -2.36. The molecule has 12 heteroatoms. The van der Waals surface area contributed by atoms with Crippen molar-refractivity contribution in [3.05, 3.63) is 54.1 Å². The molecule has 2 amide bonds. The van der Waals surface area contributed by atoms with Gasteiger partial charge in [0.05, 0.1) is 42.5 Å². The molecule has 2 aromatic carbocycles. The summed E-state index contributed by atoms with van der Waals surface area (Å²) in [5.41, 5.74) is -0.280. The van der Waals surface area contributed by atoms with E-state index in [9.17, 15) is 27.1 Å². The van der Waals surface area contributed by atoms with Crippen LogP contribution in [0.4, 0.5) is 19.3 Å². The molecule has 34 heavy (non-hydrogen) atoms. The van der Waals surface area contributed by atoms with Crippen molar-refractivity contribution in [2.75, 3.05) is 25.6 Å². The monoisotopic (exact) mass is 499 g/mol. The maximum absolute atomic E-state index is 13.6. The first-order valence-corrected chi connectivity index (χ1v) is 12.1. The van der Waals surface area contributed by atoms with Crippen LogP contribution in [0.3, 0.4) is 0 Å². The predicted molar refractivity (Wildman–Crippen MR) is 120 cm³/mol. The van der Waals surface area contributed by atoms with Crippen molar-refractivity contribution in [3.63, 3.8) is 0 Å². The summed E-state index contributed by atoms with van der Waals surface area (Å²) in [5.74, 6) is -1.04. The molecule has 1 heterocycles. The number of amides is 2. The van der Waals surface area contributed by atoms with Crippen molar-refractivity contribution in [2.24, 2.45) is 0 Å². The number of sulfonamides is 1. The molecule has 0 saturated carbocycles. The van der Waals surface area contributed by atoms with Gasteiger partial charge in [0.2, 0.25) is 10.0 Å². The number of aliphatic hydroxyl groups is 1. The van der Waals surface area contributed by atoms with Crippen molar-refractivity contribution in [1.82, 2.24) is 10.0 Å². The minimum Gasteiger partial charge on any atom is -0.497 e. The standard InChI is InChI=1S/C22H27F2N3O6S/c1-32-16-3-2-4-17(12-16)34(30,31)27-19-8-6-15(33-21(19)13-28)9-10-25-22(29)26-20-11-14(23)5-7-18(20)24/h2-5,7,11-12,15,19,21,27-28H,6,8-10,13H2,1H3,(H2,25,26,29)/t15-,19+,21-/m1/s1. The Kier molecular flexibility index (Phi) is 8.78. The van der Waals surface area contributed by atoms with Crippen molar-refractivity contribution < 1.29 is 36.6 Å². The van der Waals surface area contributed by atoms with Crippen LogP contribution in [0.5, 0.6) is 5.75 Å². The fraction of sp³-hybridized carbons (Fsp3) is 0.409. The maximum atomic E-state index is 13.6. The summed E-state index contributed by atoms with van der Waals surface area (Å²) >= 11 is 0. The maximum Gasteiger partial charge on any atom is 0.319 e. The first-order valence-electron chi connectivity index (χ1n) is 10.6. The number of ether oxygens (including phenoxy) is 2. The number of nitrogens with one attached hydrogen (secondary N) is 3. The fourth-order valence-electron chi connectivity index (χ4n) is 3.62. The number of rotatable bonds is 9. The van der Waals surface area contributed by atoms with Crippen LogP contribution in [0.1, 0.15) is 19.3 Å². The zero-order valence-electron chi connectivity index (χ0n) is 18.5. The first-order chi connectivity index (χ1) is 16.2. The smallest absolute Gasteiger partial charge is 0.319 e. The number of aliphatic hydroxyl groups excluding tert-OH is 1. The third-order valence-corrected chi connectivity index (χ3v) is 6.87. The lowest BCUT2D eigenvalue weighted by molar-refractivity contribution is -0.0871. The van der Waals surface area contributed by atoms with Crippen molar-refractivity contribution >= 4 is 21.7 Å². The van der Waals surface area contributed by atoms with Gasteiger partial charge >= 0.3 is 6.03 Å². The lowest BCUT2D eigenvalue weighted by Crippen LogP contribution is -2.51. The number of halogens is 2. The number of methoxy groups -OCH3 is 1. The Bertz CT molecular complexity index is 1100. The van der Waals surface area contributed by atoms with E-state index in [0.29, 0.717) is 25.0 Å². The zero-order valence-corrected chi connectivity index (χ0v) is 19.3. The van der Waals surface area contributed by atoms with E-state index in [0.717, 1.165) is 18.2 Å². The molecule has 1 aliphatic heterocycles. The van der Waals surface area contributed by atoms with Gasteiger partial charge in [-0.2, -0.15) is 0 Å². The van der Waals surface area contributed by atoms with Gasteiger partial charge in [0, 0.05) is 18.7 Å². The Balaban J connectivity index is 1.49. The van der Waals surface area contributed by atoms with Gasteiger partial charge in [0.15, 0.2) is 0 Å².